The zero-order valence-corrected chi connectivity index (χ0v) is 14.3. The summed E-state index contributed by atoms with van der Waals surface area (Å²) in [7, 11) is 0. The Morgan fingerprint density at radius 2 is 2.00 bits per heavy atom. The smallest absolute Gasteiger partial charge is 0.255 e. The number of carbonyl (C=O) groups is 1. The molecule has 3 rings (SSSR count). The van der Waals surface area contributed by atoms with E-state index < -0.39 is 11.7 Å². The topological polar surface area (TPSA) is 32.3 Å². The van der Waals surface area contributed by atoms with Gasteiger partial charge in [0.1, 0.15) is 5.82 Å². The maximum absolute atomic E-state index is 13.8. The van der Waals surface area contributed by atoms with Gasteiger partial charge in [0, 0.05) is 25.7 Å². The van der Waals surface area contributed by atoms with Crippen LogP contribution in [0.5, 0.6) is 0 Å². The predicted octanol–water partition coefficient (Wildman–Crippen LogP) is 3.66. The van der Waals surface area contributed by atoms with E-state index in [4.69, 9.17) is 11.6 Å². The highest BCUT2D eigenvalue weighted by molar-refractivity contribution is 6.33. The molecular formula is C19H20ClFN2O. The van der Waals surface area contributed by atoms with Crippen molar-refractivity contribution in [3.05, 3.63) is 70.0 Å². The first-order valence-electron chi connectivity index (χ1n) is 8.09. The molecule has 126 valence electrons. The third-order valence-electron chi connectivity index (χ3n) is 4.53. The third kappa shape index (κ3) is 3.60. The van der Waals surface area contributed by atoms with Crippen LogP contribution in [0.3, 0.4) is 0 Å². The molecule has 1 aliphatic rings. The molecule has 1 unspecified atom stereocenters. The quantitative estimate of drug-likeness (QED) is 0.916. The predicted molar refractivity (Wildman–Crippen MR) is 93.8 cm³/mol. The fraction of sp³-hybridized carbons (Fsp3) is 0.316. The molecule has 0 bridgehead atoms. The van der Waals surface area contributed by atoms with Crippen molar-refractivity contribution in [2.45, 2.75) is 25.9 Å². The molecule has 0 radical (unpaired) electrons. The lowest BCUT2D eigenvalue weighted by Crippen LogP contribution is -2.44. The van der Waals surface area contributed by atoms with Crippen LogP contribution in [-0.4, -0.2) is 29.9 Å². The lowest BCUT2D eigenvalue weighted by atomic mass is 9.99. The van der Waals surface area contributed by atoms with Gasteiger partial charge < -0.3 is 5.32 Å². The number of rotatable bonds is 4. The number of halogens is 2. The number of nitrogens with zero attached hydrogens (tertiary/aromatic N) is 1. The number of hydrogen-bond donors (Lipinski definition) is 1. The number of hydrogen-bond acceptors (Lipinski definition) is 2. The van der Waals surface area contributed by atoms with Crippen molar-refractivity contribution >= 4 is 17.5 Å². The number of benzene rings is 2. The summed E-state index contributed by atoms with van der Waals surface area (Å²) in [6.45, 7) is 4.34. The first-order chi connectivity index (χ1) is 11.6. The van der Waals surface area contributed by atoms with Gasteiger partial charge in [0.15, 0.2) is 0 Å². The molecule has 2 aromatic carbocycles. The van der Waals surface area contributed by atoms with Crippen LogP contribution in [0.1, 0.15) is 28.4 Å². The fourth-order valence-corrected chi connectivity index (χ4v) is 3.32. The summed E-state index contributed by atoms with van der Waals surface area (Å²) in [5.74, 6) is -1.07. The van der Waals surface area contributed by atoms with Crippen molar-refractivity contribution < 1.29 is 9.18 Å². The van der Waals surface area contributed by atoms with Crippen LogP contribution in [0.2, 0.25) is 5.02 Å². The first-order valence-corrected chi connectivity index (χ1v) is 8.47. The van der Waals surface area contributed by atoms with E-state index in [0.29, 0.717) is 6.54 Å². The van der Waals surface area contributed by atoms with Crippen LogP contribution in [-0.2, 0) is 13.0 Å². The van der Waals surface area contributed by atoms with Gasteiger partial charge in [-0.1, -0.05) is 41.9 Å². The minimum Gasteiger partial charge on any atom is -0.350 e. The Labute approximate surface area is 146 Å². The number of nitrogens with one attached hydrogen (secondary N) is 1. The molecule has 0 aliphatic carbocycles. The molecule has 0 spiro atoms. The van der Waals surface area contributed by atoms with Crippen molar-refractivity contribution in [3.63, 3.8) is 0 Å². The normalized spacial score (nSPS) is 15.6. The second-order valence-electron chi connectivity index (χ2n) is 6.14. The molecule has 0 aromatic heterocycles. The number of carbonyl (C=O) groups excluding carboxylic acids is 1. The summed E-state index contributed by atoms with van der Waals surface area (Å²) in [5, 5.41) is 2.93. The van der Waals surface area contributed by atoms with E-state index in [1.54, 1.807) is 0 Å². The summed E-state index contributed by atoms with van der Waals surface area (Å²) in [6.07, 6.45) is 1.01. The van der Waals surface area contributed by atoms with E-state index >= 15 is 0 Å². The second kappa shape index (κ2) is 7.32. The van der Waals surface area contributed by atoms with Gasteiger partial charge in [0.25, 0.3) is 5.91 Å². The van der Waals surface area contributed by atoms with Crippen molar-refractivity contribution in [2.75, 3.05) is 13.1 Å². The van der Waals surface area contributed by atoms with E-state index in [9.17, 15) is 9.18 Å². The third-order valence-corrected chi connectivity index (χ3v) is 4.85. The Kier molecular flexibility index (Phi) is 5.17. The van der Waals surface area contributed by atoms with Gasteiger partial charge in [-0.15, -0.1) is 0 Å². The van der Waals surface area contributed by atoms with Gasteiger partial charge >= 0.3 is 0 Å². The number of amides is 1. The molecule has 0 saturated heterocycles. The van der Waals surface area contributed by atoms with Gasteiger partial charge in [-0.2, -0.15) is 0 Å². The lowest BCUT2D eigenvalue weighted by molar-refractivity contribution is 0.0928. The van der Waals surface area contributed by atoms with Gasteiger partial charge in [0.2, 0.25) is 0 Å². The Hall–Kier alpha value is -1.91. The van der Waals surface area contributed by atoms with Crippen LogP contribution in [0.25, 0.3) is 0 Å². The summed E-state index contributed by atoms with van der Waals surface area (Å²) in [5.41, 5.74) is 2.64. The van der Waals surface area contributed by atoms with Crippen molar-refractivity contribution in [1.82, 2.24) is 10.2 Å². The molecule has 0 fully saturated rings. The molecule has 1 heterocycles. The van der Waals surface area contributed by atoms with Crippen LogP contribution in [0.4, 0.5) is 4.39 Å². The molecule has 0 saturated carbocycles. The van der Waals surface area contributed by atoms with Gasteiger partial charge in [-0.05, 0) is 36.6 Å². The molecule has 2 aromatic rings. The average molecular weight is 347 g/mol. The molecular weight excluding hydrogens is 327 g/mol. The zero-order valence-electron chi connectivity index (χ0n) is 13.6. The van der Waals surface area contributed by atoms with Crippen LogP contribution in [0.15, 0.2) is 42.5 Å². The fourth-order valence-electron chi connectivity index (χ4n) is 3.07. The standard InChI is InChI=1S/C19H20ClFN2O/c1-13(23-10-9-14-5-2-3-6-15(14)12-23)11-22-19(24)18-16(20)7-4-8-17(18)21/h2-8,13H,9-12H2,1H3,(H,22,24). The van der Waals surface area contributed by atoms with Crippen LogP contribution < -0.4 is 5.32 Å². The highest BCUT2D eigenvalue weighted by Gasteiger charge is 2.22. The first kappa shape index (κ1) is 16.9. The largest absolute Gasteiger partial charge is 0.350 e. The van der Waals surface area contributed by atoms with E-state index in [2.05, 4.69) is 41.4 Å². The average Bonchev–Trinajstić information content (AvgIpc) is 2.59. The molecule has 3 nitrogen and oxygen atoms in total. The Morgan fingerprint density at radius 3 is 2.75 bits per heavy atom. The summed E-state index contributed by atoms with van der Waals surface area (Å²) in [6, 6.07) is 12.8. The maximum Gasteiger partial charge on any atom is 0.255 e. The van der Waals surface area contributed by atoms with Gasteiger partial charge in [-0.3, -0.25) is 9.69 Å². The van der Waals surface area contributed by atoms with Gasteiger partial charge in [-0.25, -0.2) is 4.39 Å². The molecule has 1 amide bonds. The molecule has 1 aliphatic heterocycles. The monoisotopic (exact) mass is 346 g/mol. The van der Waals surface area contributed by atoms with E-state index in [-0.39, 0.29) is 16.6 Å². The summed E-state index contributed by atoms with van der Waals surface area (Å²) in [4.78, 5) is 14.5. The minimum absolute atomic E-state index is 0.0876. The van der Waals surface area contributed by atoms with Crippen LogP contribution in [0, 0.1) is 5.82 Å². The molecule has 1 N–H and O–H groups in total. The lowest BCUT2D eigenvalue weighted by Gasteiger charge is -2.33. The van der Waals surface area contributed by atoms with Crippen molar-refractivity contribution in [3.8, 4) is 0 Å². The molecule has 24 heavy (non-hydrogen) atoms. The number of fused-ring (bicyclic) bond motifs is 1. The highest BCUT2D eigenvalue weighted by Crippen LogP contribution is 2.21. The van der Waals surface area contributed by atoms with Crippen molar-refractivity contribution in [2.24, 2.45) is 0 Å². The second-order valence-corrected chi connectivity index (χ2v) is 6.55. The Morgan fingerprint density at radius 1 is 1.25 bits per heavy atom. The van der Waals surface area contributed by atoms with Crippen LogP contribution >= 0.6 is 11.6 Å². The maximum atomic E-state index is 13.8. The SMILES string of the molecule is CC(CNC(=O)c1c(F)cccc1Cl)N1CCc2ccccc2C1. The zero-order chi connectivity index (χ0) is 17.1. The minimum atomic E-state index is -0.598. The molecule has 1 atom stereocenters. The molecule has 5 heteroatoms. The van der Waals surface area contributed by atoms with Crippen molar-refractivity contribution in [1.29, 1.82) is 0 Å². The van der Waals surface area contributed by atoms with E-state index in [0.717, 1.165) is 19.5 Å². The summed E-state index contributed by atoms with van der Waals surface area (Å²) >= 11 is 5.93. The summed E-state index contributed by atoms with van der Waals surface area (Å²) < 4.78 is 13.8. The van der Waals surface area contributed by atoms with E-state index in [1.807, 2.05) is 0 Å². The van der Waals surface area contributed by atoms with E-state index in [1.165, 1.54) is 29.3 Å². The van der Waals surface area contributed by atoms with Gasteiger partial charge in [0.05, 0.1) is 10.6 Å². The highest BCUT2D eigenvalue weighted by atomic mass is 35.5. The Bertz CT molecular complexity index is 730. The Balaban J connectivity index is 1.60.